The van der Waals surface area contributed by atoms with Crippen LogP contribution in [0.2, 0.25) is 0 Å². The number of para-hydroxylation sites is 1. The van der Waals surface area contributed by atoms with Gasteiger partial charge in [0, 0.05) is 17.5 Å². The highest BCUT2D eigenvalue weighted by atomic mass is 16.6. The zero-order valence-electron chi connectivity index (χ0n) is 12.7. The normalized spacial score (nSPS) is 11.5. The van der Waals surface area contributed by atoms with Crippen LogP contribution in [0.15, 0.2) is 68.9 Å². The molecule has 1 N–H and O–H groups in total. The van der Waals surface area contributed by atoms with Gasteiger partial charge in [-0.25, -0.2) is 4.79 Å². The molecule has 3 aromatic rings. The van der Waals surface area contributed by atoms with E-state index < -0.39 is 10.5 Å². The summed E-state index contributed by atoms with van der Waals surface area (Å²) in [6, 6.07) is 14.8. The van der Waals surface area contributed by atoms with Gasteiger partial charge in [-0.1, -0.05) is 18.2 Å². The highest BCUT2D eigenvalue weighted by Crippen LogP contribution is 2.16. The quantitative estimate of drug-likeness (QED) is 0.343. The van der Waals surface area contributed by atoms with E-state index in [4.69, 9.17) is 4.42 Å². The zero-order valence-corrected chi connectivity index (χ0v) is 12.7. The molecule has 7 heteroatoms. The van der Waals surface area contributed by atoms with E-state index in [0.29, 0.717) is 22.5 Å². The Balaban J connectivity index is 1.86. The van der Waals surface area contributed by atoms with E-state index in [1.54, 1.807) is 25.1 Å². The molecule has 0 aliphatic heterocycles. The Labute approximate surface area is 136 Å². The average Bonchev–Trinajstić information content (AvgIpc) is 2.59. The maximum absolute atomic E-state index is 12.1. The second-order valence-electron chi connectivity index (χ2n) is 5.10. The van der Waals surface area contributed by atoms with E-state index in [0.717, 1.165) is 5.39 Å². The van der Waals surface area contributed by atoms with Crippen molar-refractivity contribution in [2.75, 3.05) is 5.43 Å². The molecule has 0 spiro atoms. The third kappa shape index (κ3) is 3.14. The third-order valence-corrected chi connectivity index (χ3v) is 3.46. The number of nitrogens with one attached hydrogen (secondary N) is 1. The van der Waals surface area contributed by atoms with E-state index >= 15 is 0 Å². The van der Waals surface area contributed by atoms with E-state index in [2.05, 4.69) is 10.5 Å². The Morgan fingerprint density at radius 1 is 1.17 bits per heavy atom. The molecule has 7 nitrogen and oxygen atoms in total. The number of hydrazone groups is 1. The van der Waals surface area contributed by atoms with Crippen molar-refractivity contribution in [2.24, 2.45) is 5.10 Å². The summed E-state index contributed by atoms with van der Waals surface area (Å²) in [5.74, 6) is 0. The molecular formula is C17H13N3O4. The zero-order chi connectivity index (χ0) is 17.1. The molecule has 1 heterocycles. The molecule has 1 aromatic heterocycles. The summed E-state index contributed by atoms with van der Waals surface area (Å²) in [6.45, 7) is 1.68. The summed E-state index contributed by atoms with van der Waals surface area (Å²) < 4.78 is 5.27. The summed E-state index contributed by atoms with van der Waals surface area (Å²) in [6.07, 6.45) is 0. The molecule has 0 unspecified atom stereocenters. The smallest absolute Gasteiger partial charge is 0.345 e. The van der Waals surface area contributed by atoms with E-state index in [1.807, 2.05) is 12.1 Å². The predicted octanol–water partition coefficient (Wildman–Crippen LogP) is 3.54. The molecule has 0 aliphatic carbocycles. The van der Waals surface area contributed by atoms with Gasteiger partial charge in [0.25, 0.3) is 5.69 Å². The number of hydrogen-bond donors (Lipinski definition) is 1. The van der Waals surface area contributed by atoms with Gasteiger partial charge in [-0.2, -0.15) is 5.10 Å². The van der Waals surface area contributed by atoms with Gasteiger partial charge in [0.15, 0.2) is 0 Å². The first-order valence-electron chi connectivity index (χ1n) is 7.12. The summed E-state index contributed by atoms with van der Waals surface area (Å²) in [5, 5.41) is 15.6. The minimum absolute atomic E-state index is 0.00331. The number of nitro groups is 1. The van der Waals surface area contributed by atoms with Gasteiger partial charge in [0.1, 0.15) is 5.58 Å². The van der Waals surface area contributed by atoms with Gasteiger partial charge < -0.3 is 4.42 Å². The number of nitro benzene ring substituents is 1. The van der Waals surface area contributed by atoms with Crippen LogP contribution >= 0.6 is 0 Å². The molecule has 0 radical (unpaired) electrons. The highest BCUT2D eigenvalue weighted by molar-refractivity contribution is 6.00. The number of rotatable bonds is 4. The number of anilines is 1. The molecule has 3 rings (SSSR count). The van der Waals surface area contributed by atoms with Crippen molar-refractivity contribution in [1.82, 2.24) is 0 Å². The number of benzene rings is 2. The fourth-order valence-corrected chi connectivity index (χ4v) is 2.18. The van der Waals surface area contributed by atoms with Crippen molar-refractivity contribution < 1.29 is 9.34 Å². The van der Waals surface area contributed by atoms with Gasteiger partial charge in [0.2, 0.25) is 0 Å². The lowest BCUT2D eigenvalue weighted by Gasteiger charge is -2.04. The lowest BCUT2D eigenvalue weighted by atomic mass is 10.1. The van der Waals surface area contributed by atoms with Gasteiger partial charge in [0.05, 0.1) is 21.9 Å². The maximum atomic E-state index is 12.1. The lowest BCUT2D eigenvalue weighted by Crippen LogP contribution is -2.13. The molecular weight excluding hydrogens is 310 g/mol. The molecule has 0 saturated heterocycles. The van der Waals surface area contributed by atoms with Crippen molar-refractivity contribution in [3.05, 3.63) is 80.7 Å². The van der Waals surface area contributed by atoms with Gasteiger partial charge in [-0.3, -0.25) is 15.5 Å². The molecule has 0 atom stereocenters. The van der Waals surface area contributed by atoms with Crippen LogP contribution in [0.5, 0.6) is 0 Å². The summed E-state index contributed by atoms with van der Waals surface area (Å²) in [5.41, 5.74) is 4.19. The van der Waals surface area contributed by atoms with E-state index in [-0.39, 0.29) is 5.69 Å². The van der Waals surface area contributed by atoms with Crippen LogP contribution in [0.1, 0.15) is 12.5 Å². The van der Waals surface area contributed by atoms with Crippen molar-refractivity contribution >= 4 is 28.1 Å². The van der Waals surface area contributed by atoms with Crippen LogP contribution in [0, 0.1) is 10.1 Å². The van der Waals surface area contributed by atoms with Crippen molar-refractivity contribution in [3.63, 3.8) is 0 Å². The number of nitrogens with zero attached hydrogens (tertiary/aromatic N) is 2. The van der Waals surface area contributed by atoms with Crippen molar-refractivity contribution in [2.45, 2.75) is 6.92 Å². The molecule has 0 bridgehead atoms. The molecule has 0 fully saturated rings. The summed E-state index contributed by atoms with van der Waals surface area (Å²) >= 11 is 0. The third-order valence-electron chi connectivity index (χ3n) is 3.46. The molecule has 0 saturated carbocycles. The molecule has 24 heavy (non-hydrogen) atoms. The second-order valence-corrected chi connectivity index (χ2v) is 5.10. The SMILES string of the molecule is C/C(=N/Nc1ccc([N+](=O)[O-])cc1)c1cc2ccccc2oc1=O. The minimum Gasteiger partial charge on any atom is -0.422 e. The molecule has 0 aliphatic rings. The monoisotopic (exact) mass is 323 g/mol. The fourth-order valence-electron chi connectivity index (χ4n) is 2.18. The first kappa shape index (κ1) is 15.4. The fraction of sp³-hybridized carbons (Fsp3) is 0.0588. The topological polar surface area (TPSA) is 97.7 Å². The highest BCUT2D eigenvalue weighted by Gasteiger charge is 2.08. The van der Waals surface area contributed by atoms with Gasteiger partial charge >= 0.3 is 5.63 Å². The summed E-state index contributed by atoms with van der Waals surface area (Å²) in [4.78, 5) is 22.2. The molecule has 2 aromatic carbocycles. The molecule has 0 amide bonds. The van der Waals surface area contributed by atoms with Crippen LogP contribution in [-0.2, 0) is 0 Å². The number of fused-ring (bicyclic) bond motifs is 1. The van der Waals surface area contributed by atoms with E-state index in [9.17, 15) is 14.9 Å². The van der Waals surface area contributed by atoms with Crippen LogP contribution in [0.3, 0.4) is 0 Å². The van der Waals surface area contributed by atoms with Crippen LogP contribution < -0.4 is 11.1 Å². The molecule has 120 valence electrons. The van der Waals surface area contributed by atoms with Crippen molar-refractivity contribution in [1.29, 1.82) is 0 Å². The second kappa shape index (κ2) is 6.33. The Morgan fingerprint density at radius 3 is 2.58 bits per heavy atom. The van der Waals surface area contributed by atoms with Gasteiger partial charge in [-0.05, 0) is 31.2 Å². The predicted molar refractivity (Wildman–Crippen MR) is 91.4 cm³/mol. The Bertz CT molecular complexity index is 991. The average molecular weight is 323 g/mol. The van der Waals surface area contributed by atoms with Crippen LogP contribution in [0.4, 0.5) is 11.4 Å². The van der Waals surface area contributed by atoms with Crippen molar-refractivity contribution in [3.8, 4) is 0 Å². The van der Waals surface area contributed by atoms with Gasteiger partial charge in [-0.15, -0.1) is 0 Å². The first-order chi connectivity index (χ1) is 11.5. The van der Waals surface area contributed by atoms with Crippen LogP contribution in [-0.4, -0.2) is 10.6 Å². The number of non-ortho nitro benzene ring substituents is 1. The van der Waals surface area contributed by atoms with Crippen LogP contribution in [0.25, 0.3) is 11.0 Å². The standard InChI is InChI=1S/C17H13N3O4/c1-11(18-19-13-6-8-14(9-7-13)20(22)23)15-10-12-4-2-3-5-16(12)24-17(15)21/h2-10,19H,1H3/b18-11-. The number of hydrogen-bond acceptors (Lipinski definition) is 6. The lowest BCUT2D eigenvalue weighted by molar-refractivity contribution is -0.384. The minimum atomic E-state index is -0.474. The largest absolute Gasteiger partial charge is 0.422 e. The van der Waals surface area contributed by atoms with E-state index in [1.165, 1.54) is 24.3 Å². The Hall–Kier alpha value is -3.48. The first-order valence-corrected chi connectivity index (χ1v) is 7.12. The summed E-state index contributed by atoms with van der Waals surface area (Å²) in [7, 11) is 0. The Morgan fingerprint density at radius 2 is 1.88 bits per heavy atom. The maximum Gasteiger partial charge on any atom is 0.345 e. The Kier molecular flexibility index (Phi) is 4.07.